The molecule has 0 radical (unpaired) electrons. The van der Waals surface area contributed by atoms with Gasteiger partial charge in [-0.3, -0.25) is 4.79 Å². The number of hydrogen-bond donors (Lipinski definition) is 1. The lowest BCUT2D eigenvalue weighted by Gasteiger charge is -2.11. The summed E-state index contributed by atoms with van der Waals surface area (Å²) < 4.78 is 6.05. The number of carbonyl (C=O) groups excluding carboxylic acids is 2. The van der Waals surface area contributed by atoms with Crippen LogP contribution >= 0.6 is 22.9 Å². The van der Waals surface area contributed by atoms with E-state index in [-0.39, 0.29) is 5.91 Å². The largest absolute Gasteiger partial charge is 0.448 e. The van der Waals surface area contributed by atoms with Gasteiger partial charge in [0.1, 0.15) is 4.88 Å². The number of rotatable bonds is 4. The number of benzene rings is 1. The Hall–Kier alpha value is -1.59. The van der Waals surface area contributed by atoms with Crippen molar-refractivity contribution in [3.05, 3.63) is 34.2 Å². The SMILES string of the molecule is CCNC(=O)[C@H](C)OC(=O)c1sc2ccccc2c1Cl. The zero-order valence-electron chi connectivity index (χ0n) is 11.1. The second kappa shape index (κ2) is 6.24. The molecule has 0 fully saturated rings. The molecule has 1 aromatic carbocycles. The summed E-state index contributed by atoms with van der Waals surface area (Å²) in [5.41, 5.74) is 0. The highest BCUT2D eigenvalue weighted by Crippen LogP contribution is 2.35. The van der Waals surface area contributed by atoms with Gasteiger partial charge in [0.2, 0.25) is 0 Å². The number of hydrogen-bond acceptors (Lipinski definition) is 4. The fourth-order valence-electron chi connectivity index (χ4n) is 1.73. The number of amides is 1. The summed E-state index contributed by atoms with van der Waals surface area (Å²) in [6.07, 6.45) is -0.844. The van der Waals surface area contributed by atoms with Crippen LogP contribution in [0.15, 0.2) is 24.3 Å². The topological polar surface area (TPSA) is 55.4 Å². The molecule has 1 atom stereocenters. The lowest BCUT2D eigenvalue weighted by molar-refractivity contribution is -0.128. The third-order valence-electron chi connectivity index (χ3n) is 2.72. The molecule has 0 bridgehead atoms. The van der Waals surface area contributed by atoms with Gasteiger partial charge in [0.15, 0.2) is 6.10 Å². The summed E-state index contributed by atoms with van der Waals surface area (Å²) in [6, 6.07) is 7.46. The van der Waals surface area contributed by atoms with E-state index in [2.05, 4.69) is 5.32 Å². The molecule has 2 aromatic rings. The Labute approximate surface area is 125 Å². The summed E-state index contributed by atoms with van der Waals surface area (Å²) in [4.78, 5) is 24.0. The number of halogens is 1. The van der Waals surface area contributed by atoms with Crippen molar-refractivity contribution >= 4 is 44.9 Å². The van der Waals surface area contributed by atoms with E-state index in [1.807, 2.05) is 24.3 Å². The molecule has 2 rings (SSSR count). The Morgan fingerprint density at radius 2 is 2.10 bits per heavy atom. The van der Waals surface area contributed by atoms with E-state index in [0.29, 0.717) is 16.4 Å². The van der Waals surface area contributed by atoms with E-state index in [4.69, 9.17) is 16.3 Å². The fourth-order valence-corrected chi connectivity index (χ4v) is 3.12. The predicted molar refractivity (Wildman–Crippen MR) is 80.4 cm³/mol. The Bertz CT molecular complexity index is 653. The van der Waals surface area contributed by atoms with Crippen LogP contribution in [0.4, 0.5) is 0 Å². The van der Waals surface area contributed by atoms with Crippen molar-refractivity contribution < 1.29 is 14.3 Å². The summed E-state index contributed by atoms with van der Waals surface area (Å²) in [5.74, 6) is -0.895. The highest BCUT2D eigenvalue weighted by Gasteiger charge is 2.23. The minimum atomic E-state index is -0.844. The first-order valence-corrected chi connectivity index (χ1v) is 7.39. The second-order valence-corrected chi connectivity index (χ2v) is 5.61. The van der Waals surface area contributed by atoms with Gasteiger partial charge in [-0.15, -0.1) is 11.3 Å². The molecule has 106 valence electrons. The third-order valence-corrected chi connectivity index (χ3v) is 4.38. The van der Waals surface area contributed by atoms with Gasteiger partial charge >= 0.3 is 5.97 Å². The number of fused-ring (bicyclic) bond motifs is 1. The van der Waals surface area contributed by atoms with Crippen LogP contribution in [0.5, 0.6) is 0 Å². The predicted octanol–water partition coefficient (Wildman–Crippen LogP) is 3.24. The van der Waals surface area contributed by atoms with Crippen LogP contribution in [-0.2, 0) is 9.53 Å². The molecule has 0 saturated carbocycles. The summed E-state index contributed by atoms with van der Waals surface area (Å²) in [6.45, 7) is 3.82. The van der Waals surface area contributed by atoms with E-state index in [0.717, 1.165) is 10.1 Å². The minimum absolute atomic E-state index is 0.321. The highest BCUT2D eigenvalue weighted by molar-refractivity contribution is 7.21. The molecule has 1 heterocycles. The molecule has 4 nitrogen and oxygen atoms in total. The monoisotopic (exact) mass is 311 g/mol. The van der Waals surface area contributed by atoms with Crippen LogP contribution < -0.4 is 5.32 Å². The number of likely N-dealkylation sites (N-methyl/N-ethyl adjacent to an activating group) is 1. The van der Waals surface area contributed by atoms with E-state index < -0.39 is 12.1 Å². The van der Waals surface area contributed by atoms with Crippen LogP contribution in [0, 0.1) is 0 Å². The Kier molecular flexibility index (Phi) is 4.62. The zero-order chi connectivity index (χ0) is 14.7. The van der Waals surface area contributed by atoms with Gasteiger partial charge in [0, 0.05) is 16.6 Å². The van der Waals surface area contributed by atoms with Crippen LogP contribution in [-0.4, -0.2) is 24.5 Å². The quantitative estimate of drug-likeness (QED) is 0.882. The summed E-state index contributed by atoms with van der Waals surface area (Å²) >= 11 is 7.45. The van der Waals surface area contributed by atoms with Gasteiger partial charge in [-0.25, -0.2) is 4.79 Å². The maximum Gasteiger partial charge on any atom is 0.350 e. The number of thiophene rings is 1. The Morgan fingerprint density at radius 1 is 1.40 bits per heavy atom. The molecule has 0 aliphatic heterocycles. The van der Waals surface area contributed by atoms with Crippen molar-refractivity contribution in [2.45, 2.75) is 20.0 Å². The third kappa shape index (κ3) is 2.94. The maximum absolute atomic E-state index is 12.1. The molecular weight excluding hydrogens is 298 g/mol. The van der Waals surface area contributed by atoms with Gasteiger partial charge in [-0.2, -0.15) is 0 Å². The highest BCUT2D eigenvalue weighted by atomic mass is 35.5. The fraction of sp³-hybridized carbons (Fsp3) is 0.286. The molecule has 0 spiro atoms. The van der Waals surface area contributed by atoms with Gasteiger partial charge < -0.3 is 10.1 Å². The van der Waals surface area contributed by atoms with Crippen molar-refractivity contribution in [2.24, 2.45) is 0 Å². The van der Waals surface area contributed by atoms with E-state index >= 15 is 0 Å². The molecule has 6 heteroatoms. The number of esters is 1. The van der Waals surface area contributed by atoms with E-state index in [1.54, 1.807) is 6.92 Å². The summed E-state index contributed by atoms with van der Waals surface area (Å²) in [5, 5.41) is 3.79. The lowest BCUT2D eigenvalue weighted by Crippen LogP contribution is -2.35. The average Bonchev–Trinajstić information content (AvgIpc) is 2.77. The first kappa shape index (κ1) is 14.8. The molecule has 0 aliphatic rings. The molecule has 1 aromatic heterocycles. The molecule has 0 aliphatic carbocycles. The normalized spacial score (nSPS) is 12.2. The van der Waals surface area contributed by atoms with Crippen LogP contribution in [0.1, 0.15) is 23.5 Å². The van der Waals surface area contributed by atoms with Crippen molar-refractivity contribution in [3.8, 4) is 0 Å². The molecule has 0 saturated heterocycles. The number of carbonyl (C=O) groups is 2. The Morgan fingerprint density at radius 3 is 2.75 bits per heavy atom. The maximum atomic E-state index is 12.1. The molecule has 1 amide bonds. The zero-order valence-corrected chi connectivity index (χ0v) is 12.7. The van der Waals surface area contributed by atoms with Crippen molar-refractivity contribution in [3.63, 3.8) is 0 Å². The Balaban J connectivity index is 2.19. The van der Waals surface area contributed by atoms with Crippen molar-refractivity contribution in [2.75, 3.05) is 6.54 Å². The number of nitrogens with one attached hydrogen (secondary N) is 1. The van der Waals surface area contributed by atoms with Crippen LogP contribution in [0.2, 0.25) is 5.02 Å². The second-order valence-electron chi connectivity index (χ2n) is 4.18. The average molecular weight is 312 g/mol. The standard InChI is InChI=1S/C14H14ClNO3S/c1-3-16-13(17)8(2)19-14(18)12-11(15)9-6-4-5-7-10(9)20-12/h4-8H,3H2,1-2H3,(H,16,17)/t8-/m0/s1. The van der Waals surface area contributed by atoms with Crippen LogP contribution in [0.25, 0.3) is 10.1 Å². The molecule has 1 N–H and O–H groups in total. The minimum Gasteiger partial charge on any atom is -0.448 e. The number of ether oxygens (including phenoxy) is 1. The molecule has 20 heavy (non-hydrogen) atoms. The molecular formula is C14H14ClNO3S. The van der Waals surface area contributed by atoms with Crippen molar-refractivity contribution in [1.29, 1.82) is 0 Å². The smallest absolute Gasteiger partial charge is 0.350 e. The summed E-state index contributed by atoms with van der Waals surface area (Å²) in [7, 11) is 0. The van der Waals surface area contributed by atoms with E-state index in [1.165, 1.54) is 18.3 Å². The first-order valence-electron chi connectivity index (χ1n) is 6.20. The van der Waals surface area contributed by atoms with Gasteiger partial charge in [0.05, 0.1) is 5.02 Å². The van der Waals surface area contributed by atoms with Gasteiger partial charge in [-0.05, 0) is 19.9 Å². The first-order chi connectivity index (χ1) is 9.54. The molecule has 0 unspecified atom stereocenters. The van der Waals surface area contributed by atoms with E-state index in [9.17, 15) is 9.59 Å². The van der Waals surface area contributed by atoms with Crippen molar-refractivity contribution in [1.82, 2.24) is 5.32 Å². The lowest BCUT2D eigenvalue weighted by atomic mass is 10.2. The van der Waals surface area contributed by atoms with Gasteiger partial charge in [-0.1, -0.05) is 29.8 Å². The van der Waals surface area contributed by atoms with Gasteiger partial charge in [0.25, 0.3) is 5.91 Å². The van der Waals surface area contributed by atoms with Crippen LogP contribution in [0.3, 0.4) is 0 Å².